The van der Waals surface area contributed by atoms with Crippen LogP contribution in [0, 0.1) is 11.8 Å². The lowest BCUT2D eigenvalue weighted by molar-refractivity contribution is -0.135. The summed E-state index contributed by atoms with van der Waals surface area (Å²) >= 11 is 0. The van der Waals surface area contributed by atoms with Crippen molar-refractivity contribution in [2.75, 3.05) is 40.4 Å². The van der Waals surface area contributed by atoms with E-state index < -0.39 is 5.41 Å². The van der Waals surface area contributed by atoms with E-state index in [1.807, 2.05) is 36.9 Å². The monoisotopic (exact) mass is 318 g/mol. The molecule has 2 heterocycles. The molecule has 0 radical (unpaired) electrons. The first-order valence-electron chi connectivity index (χ1n) is 8.20. The standard InChI is InChI=1S/C18H26N2O3/c1-18(2,14-5-6-15(22-3)16(7-14)23-4)17(21)20-10-12-8-19-9-13(12)11-20/h5-7,12-13,19H,8-11H2,1-4H3/t12-,13+. The van der Waals surface area contributed by atoms with E-state index in [0.717, 1.165) is 31.7 Å². The number of benzene rings is 1. The van der Waals surface area contributed by atoms with Gasteiger partial charge in [-0.2, -0.15) is 0 Å². The van der Waals surface area contributed by atoms with Crippen LogP contribution in [0.25, 0.3) is 0 Å². The number of ether oxygens (including phenoxy) is 2. The van der Waals surface area contributed by atoms with Crippen LogP contribution in [0.4, 0.5) is 0 Å². The number of nitrogens with one attached hydrogen (secondary N) is 1. The van der Waals surface area contributed by atoms with Crippen LogP contribution in [-0.2, 0) is 10.2 Å². The van der Waals surface area contributed by atoms with Gasteiger partial charge in [-0.25, -0.2) is 0 Å². The molecule has 5 nitrogen and oxygen atoms in total. The van der Waals surface area contributed by atoms with Gasteiger partial charge in [0.2, 0.25) is 5.91 Å². The smallest absolute Gasteiger partial charge is 0.232 e. The minimum atomic E-state index is -0.578. The molecular formula is C18H26N2O3. The summed E-state index contributed by atoms with van der Waals surface area (Å²) in [6, 6.07) is 5.73. The maximum Gasteiger partial charge on any atom is 0.232 e. The summed E-state index contributed by atoms with van der Waals surface area (Å²) in [7, 11) is 3.23. The van der Waals surface area contributed by atoms with E-state index in [1.54, 1.807) is 14.2 Å². The molecule has 2 fully saturated rings. The summed E-state index contributed by atoms with van der Waals surface area (Å²) in [5.41, 5.74) is 0.376. The Morgan fingerprint density at radius 2 is 1.74 bits per heavy atom. The second kappa shape index (κ2) is 6.04. The quantitative estimate of drug-likeness (QED) is 0.917. The number of amides is 1. The van der Waals surface area contributed by atoms with Crippen LogP contribution in [-0.4, -0.2) is 51.2 Å². The van der Waals surface area contributed by atoms with E-state index in [9.17, 15) is 4.79 Å². The summed E-state index contributed by atoms with van der Waals surface area (Å²) in [6.45, 7) is 7.78. The lowest BCUT2D eigenvalue weighted by Crippen LogP contribution is -2.43. The number of fused-ring (bicyclic) bond motifs is 1. The Balaban J connectivity index is 1.81. The van der Waals surface area contributed by atoms with Crippen molar-refractivity contribution < 1.29 is 14.3 Å². The number of hydrogen-bond donors (Lipinski definition) is 1. The van der Waals surface area contributed by atoms with Gasteiger partial charge in [-0.15, -0.1) is 0 Å². The van der Waals surface area contributed by atoms with Gasteiger partial charge in [0.05, 0.1) is 19.6 Å². The average molecular weight is 318 g/mol. The highest BCUT2D eigenvalue weighted by Crippen LogP contribution is 2.36. The van der Waals surface area contributed by atoms with Crippen molar-refractivity contribution in [3.05, 3.63) is 23.8 Å². The van der Waals surface area contributed by atoms with Gasteiger partial charge < -0.3 is 19.7 Å². The lowest BCUT2D eigenvalue weighted by atomic mass is 9.83. The van der Waals surface area contributed by atoms with Gasteiger partial charge in [0.15, 0.2) is 11.5 Å². The minimum absolute atomic E-state index is 0.194. The Bertz CT molecular complexity index is 588. The van der Waals surface area contributed by atoms with Gasteiger partial charge in [0.1, 0.15) is 0 Å². The fourth-order valence-electron chi connectivity index (χ4n) is 3.76. The van der Waals surface area contributed by atoms with E-state index in [-0.39, 0.29) is 5.91 Å². The SMILES string of the molecule is COc1ccc(C(C)(C)C(=O)N2C[C@H]3CNC[C@H]3C2)cc1OC. The molecular weight excluding hydrogens is 292 g/mol. The van der Waals surface area contributed by atoms with Crippen LogP contribution < -0.4 is 14.8 Å². The topological polar surface area (TPSA) is 50.8 Å². The number of methoxy groups -OCH3 is 2. The number of likely N-dealkylation sites (tertiary alicyclic amines) is 1. The molecule has 0 bridgehead atoms. The molecule has 2 aliphatic heterocycles. The molecule has 0 saturated carbocycles. The van der Waals surface area contributed by atoms with Crippen LogP contribution in [0.3, 0.4) is 0 Å². The van der Waals surface area contributed by atoms with Crippen molar-refractivity contribution in [3.8, 4) is 11.5 Å². The molecule has 23 heavy (non-hydrogen) atoms. The van der Waals surface area contributed by atoms with Crippen LogP contribution in [0.5, 0.6) is 11.5 Å². The van der Waals surface area contributed by atoms with Crippen molar-refractivity contribution in [3.63, 3.8) is 0 Å². The maximum atomic E-state index is 13.1. The highest BCUT2D eigenvalue weighted by Gasteiger charge is 2.42. The summed E-state index contributed by atoms with van der Waals surface area (Å²) in [5.74, 6) is 2.76. The Labute approximate surface area is 137 Å². The summed E-state index contributed by atoms with van der Waals surface area (Å²) in [6.07, 6.45) is 0. The molecule has 0 aromatic heterocycles. The van der Waals surface area contributed by atoms with Crippen LogP contribution >= 0.6 is 0 Å². The second-order valence-electron chi connectivity index (χ2n) is 7.08. The van der Waals surface area contributed by atoms with E-state index in [2.05, 4.69) is 5.32 Å². The zero-order valence-electron chi connectivity index (χ0n) is 14.4. The van der Waals surface area contributed by atoms with Crippen LogP contribution in [0.1, 0.15) is 19.4 Å². The molecule has 2 aliphatic rings. The van der Waals surface area contributed by atoms with Gasteiger partial charge in [-0.05, 0) is 43.4 Å². The minimum Gasteiger partial charge on any atom is -0.493 e. The molecule has 1 amide bonds. The number of carbonyl (C=O) groups excluding carboxylic acids is 1. The molecule has 3 rings (SSSR count). The number of hydrogen-bond acceptors (Lipinski definition) is 4. The summed E-state index contributed by atoms with van der Waals surface area (Å²) in [4.78, 5) is 15.1. The van der Waals surface area contributed by atoms with E-state index >= 15 is 0 Å². The third-order valence-corrected chi connectivity index (χ3v) is 5.32. The zero-order valence-corrected chi connectivity index (χ0v) is 14.4. The Kier molecular flexibility index (Phi) is 4.23. The molecule has 2 atom stereocenters. The van der Waals surface area contributed by atoms with Crippen LogP contribution in [0.15, 0.2) is 18.2 Å². The molecule has 5 heteroatoms. The van der Waals surface area contributed by atoms with Gasteiger partial charge in [-0.1, -0.05) is 6.07 Å². The highest BCUT2D eigenvalue weighted by atomic mass is 16.5. The molecule has 2 saturated heterocycles. The molecule has 126 valence electrons. The Hall–Kier alpha value is -1.75. The number of nitrogens with zero attached hydrogens (tertiary/aromatic N) is 1. The van der Waals surface area contributed by atoms with Crippen molar-refractivity contribution >= 4 is 5.91 Å². The molecule has 0 spiro atoms. The van der Waals surface area contributed by atoms with Gasteiger partial charge in [0.25, 0.3) is 0 Å². The molecule has 1 aromatic carbocycles. The van der Waals surface area contributed by atoms with Gasteiger partial charge in [0, 0.05) is 26.2 Å². The molecule has 1 N–H and O–H groups in total. The van der Waals surface area contributed by atoms with Gasteiger partial charge >= 0.3 is 0 Å². The Morgan fingerprint density at radius 3 is 2.30 bits per heavy atom. The van der Waals surface area contributed by atoms with E-state index in [0.29, 0.717) is 23.3 Å². The average Bonchev–Trinajstić information content (AvgIpc) is 3.14. The summed E-state index contributed by atoms with van der Waals surface area (Å²) < 4.78 is 10.7. The molecule has 1 aromatic rings. The first-order valence-corrected chi connectivity index (χ1v) is 8.20. The van der Waals surface area contributed by atoms with Crippen molar-refractivity contribution in [1.29, 1.82) is 0 Å². The number of rotatable bonds is 4. The van der Waals surface area contributed by atoms with Crippen LogP contribution in [0.2, 0.25) is 0 Å². The van der Waals surface area contributed by atoms with E-state index in [4.69, 9.17) is 9.47 Å². The van der Waals surface area contributed by atoms with Crippen molar-refractivity contribution in [2.45, 2.75) is 19.3 Å². The predicted octanol–water partition coefficient (Wildman–Crippen LogP) is 1.66. The fraction of sp³-hybridized carbons (Fsp3) is 0.611. The zero-order chi connectivity index (χ0) is 16.6. The first kappa shape index (κ1) is 16.1. The third kappa shape index (κ3) is 2.78. The molecule has 0 unspecified atom stereocenters. The molecule has 0 aliphatic carbocycles. The maximum absolute atomic E-state index is 13.1. The van der Waals surface area contributed by atoms with E-state index in [1.165, 1.54) is 0 Å². The highest BCUT2D eigenvalue weighted by molar-refractivity contribution is 5.88. The third-order valence-electron chi connectivity index (χ3n) is 5.32. The fourth-order valence-corrected chi connectivity index (χ4v) is 3.76. The lowest BCUT2D eigenvalue weighted by Gasteiger charge is -2.30. The van der Waals surface area contributed by atoms with Gasteiger partial charge in [-0.3, -0.25) is 4.79 Å². The largest absolute Gasteiger partial charge is 0.493 e. The first-order chi connectivity index (χ1) is 11.0. The normalized spacial score (nSPS) is 23.7. The number of carbonyl (C=O) groups is 1. The van der Waals surface area contributed by atoms with Crippen molar-refractivity contribution in [2.24, 2.45) is 11.8 Å². The summed E-state index contributed by atoms with van der Waals surface area (Å²) in [5, 5.41) is 3.41. The predicted molar refractivity (Wildman–Crippen MR) is 89.0 cm³/mol. The Morgan fingerprint density at radius 1 is 1.13 bits per heavy atom. The second-order valence-corrected chi connectivity index (χ2v) is 7.08. The van der Waals surface area contributed by atoms with Crippen molar-refractivity contribution in [1.82, 2.24) is 10.2 Å².